The number of nitrogens with one attached hydrogen (secondary N) is 1. The molecule has 172 valence electrons. The van der Waals surface area contributed by atoms with Gasteiger partial charge in [-0.2, -0.15) is 0 Å². The zero-order valence-electron chi connectivity index (χ0n) is 18.0. The summed E-state index contributed by atoms with van der Waals surface area (Å²) in [5, 5.41) is 21.2. The number of carbonyl (C=O) groups is 3. The summed E-state index contributed by atoms with van der Waals surface area (Å²) in [5.74, 6) is -1.97. The Balaban J connectivity index is 1.42. The van der Waals surface area contributed by atoms with Gasteiger partial charge in [0, 0.05) is 18.7 Å². The molecule has 3 rings (SSSR count). The highest BCUT2D eigenvalue weighted by Crippen LogP contribution is 2.32. The number of aromatic hydroxyl groups is 1. The Kier molecular flexibility index (Phi) is 8.24. The van der Waals surface area contributed by atoms with E-state index in [2.05, 4.69) is 5.32 Å². The molecule has 1 aliphatic rings. The van der Waals surface area contributed by atoms with E-state index in [1.54, 1.807) is 4.90 Å². The van der Waals surface area contributed by atoms with E-state index >= 15 is 0 Å². The number of carboxylic acid groups (broad SMARTS) is 1. The first-order chi connectivity index (χ1) is 15.7. The van der Waals surface area contributed by atoms with Crippen molar-refractivity contribution >= 4 is 57.8 Å². The number of thioether (sulfide) groups is 1. The summed E-state index contributed by atoms with van der Waals surface area (Å²) in [6.45, 7) is 2.51. The van der Waals surface area contributed by atoms with Gasteiger partial charge in [-0.3, -0.25) is 14.5 Å². The van der Waals surface area contributed by atoms with Crippen molar-refractivity contribution in [3.8, 4) is 5.75 Å². The average Bonchev–Trinajstić information content (AvgIpc) is 3.03. The van der Waals surface area contributed by atoms with Crippen LogP contribution in [0.5, 0.6) is 5.75 Å². The Hall–Kier alpha value is -3.17. The van der Waals surface area contributed by atoms with E-state index in [4.69, 9.17) is 17.3 Å². The predicted molar refractivity (Wildman–Crippen MR) is 133 cm³/mol. The zero-order chi connectivity index (χ0) is 24.0. The van der Waals surface area contributed by atoms with E-state index in [0.717, 1.165) is 17.5 Å². The molecule has 3 N–H and O–H groups in total. The van der Waals surface area contributed by atoms with Crippen molar-refractivity contribution in [1.29, 1.82) is 0 Å². The van der Waals surface area contributed by atoms with Gasteiger partial charge in [0.15, 0.2) is 0 Å². The molecule has 2 amide bonds. The fourth-order valence-corrected chi connectivity index (χ4v) is 4.56. The number of thiocarbonyl (C=S) groups is 1. The minimum absolute atomic E-state index is 0.0927. The summed E-state index contributed by atoms with van der Waals surface area (Å²) in [7, 11) is 0. The van der Waals surface area contributed by atoms with Crippen LogP contribution in [0.3, 0.4) is 0 Å². The van der Waals surface area contributed by atoms with Crippen LogP contribution in [0.15, 0.2) is 47.4 Å². The molecule has 7 nitrogen and oxygen atoms in total. The summed E-state index contributed by atoms with van der Waals surface area (Å²) in [6.07, 6.45) is 4.16. The van der Waals surface area contributed by atoms with E-state index < -0.39 is 5.97 Å². The maximum atomic E-state index is 12.7. The maximum Gasteiger partial charge on any atom is 0.339 e. The molecule has 1 aliphatic heterocycles. The third-order valence-corrected chi connectivity index (χ3v) is 6.42. The van der Waals surface area contributed by atoms with Crippen LogP contribution < -0.4 is 5.32 Å². The summed E-state index contributed by atoms with van der Waals surface area (Å²) < 4.78 is 0.540. The number of carboxylic acids is 1. The second kappa shape index (κ2) is 11.1. The number of aryl methyl sites for hydroxylation is 1. The zero-order valence-corrected chi connectivity index (χ0v) is 19.7. The third-order valence-electron chi connectivity index (χ3n) is 5.04. The summed E-state index contributed by atoms with van der Waals surface area (Å²) in [4.78, 5) is 38.1. The van der Waals surface area contributed by atoms with Gasteiger partial charge < -0.3 is 15.5 Å². The van der Waals surface area contributed by atoms with Gasteiger partial charge in [-0.25, -0.2) is 4.79 Å². The Bertz CT molecular complexity index is 1110. The van der Waals surface area contributed by atoms with Crippen LogP contribution >= 0.6 is 24.0 Å². The lowest BCUT2D eigenvalue weighted by atomic mass is 10.1. The van der Waals surface area contributed by atoms with Crippen molar-refractivity contribution < 1.29 is 24.6 Å². The molecule has 0 aliphatic carbocycles. The van der Waals surface area contributed by atoms with Crippen LogP contribution in [0.25, 0.3) is 6.08 Å². The van der Waals surface area contributed by atoms with E-state index in [1.165, 1.54) is 30.0 Å². The first kappa shape index (κ1) is 24.5. The van der Waals surface area contributed by atoms with Gasteiger partial charge in [-0.15, -0.1) is 0 Å². The van der Waals surface area contributed by atoms with Crippen molar-refractivity contribution in [3.63, 3.8) is 0 Å². The van der Waals surface area contributed by atoms with Crippen LogP contribution in [0.1, 0.15) is 47.2 Å². The molecule has 0 radical (unpaired) electrons. The Morgan fingerprint density at radius 3 is 2.55 bits per heavy atom. The number of hydrogen-bond donors (Lipinski definition) is 3. The molecule has 1 heterocycles. The molecule has 0 bridgehead atoms. The highest BCUT2D eigenvalue weighted by Gasteiger charge is 2.31. The number of nitrogens with zero attached hydrogens (tertiary/aromatic N) is 1. The first-order valence-corrected chi connectivity index (χ1v) is 11.7. The topological polar surface area (TPSA) is 107 Å². The molecule has 2 aromatic carbocycles. The molecule has 9 heteroatoms. The van der Waals surface area contributed by atoms with E-state index in [0.29, 0.717) is 34.3 Å². The van der Waals surface area contributed by atoms with Crippen molar-refractivity contribution in [1.82, 2.24) is 4.90 Å². The molecule has 0 aromatic heterocycles. The van der Waals surface area contributed by atoms with Gasteiger partial charge in [0.25, 0.3) is 5.91 Å². The van der Waals surface area contributed by atoms with Crippen LogP contribution in [0.4, 0.5) is 5.69 Å². The monoisotopic (exact) mass is 484 g/mol. The predicted octanol–water partition coefficient (Wildman–Crippen LogP) is 4.80. The van der Waals surface area contributed by atoms with Crippen LogP contribution in [-0.2, 0) is 9.59 Å². The molecule has 2 aromatic rings. The number of anilines is 1. The normalized spacial score (nSPS) is 14.7. The SMILES string of the molecule is Cc1ccc(C=C2SC(=S)N(CCCCCC(=O)Nc3ccc(O)c(C(=O)O)c3)C2=O)cc1. The minimum Gasteiger partial charge on any atom is -0.507 e. The average molecular weight is 485 g/mol. The largest absolute Gasteiger partial charge is 0.507 e. The van der Waals surface area contributed by atoms with Crippen molar-refractivity contribution in [3.05, 3.63) is 64.1 Å². The lowest BCUT2D eigenvalue weighted by molar-refractivity contribution is -0.122. The smallest absolute Gasteiger partial charge is 0.339 e. The lowest BCUT2D eigenvalue weighted by Crippen LogP contribution is -2.29. The van der Waals surface area contributed by atoms with Crippen molar-refractivity contribution in [2.75, 3.05) is 11.9 Å². The van der Waals surface area contributed by atoms with Gasteiger partial charge >= 0.3 is 5.97 Å². The summed E-state index contributed by atoms with van der Waals surface area (Å²) in [6, 6.07) is 11.8. The van der Waals surface area contributed by atoms with E-state index in [9.17, 15) is 19.5 Å². The van der Waals surface area contributed by atoms with Gasteiger partial charge in [0.05, 0.1) is 4.91 Å². The van der Waals surface area contributed by atoms with Crippen LogP contribution in [0.2, 0.25) is 0 Å². The Morgan fingerprint density at radius 2 is 1.85 bits per heavy atom. The van der Waals surface area contributed by atoms with Crippen molar-refractivity contribution in [2.24, 2.45) is 0 Å². The maximum absolute atomic E-state index is 12.7. The van der Waals surface area contributed by atoms with Gasteiger partial charge in [0.1, 0.15) is 15.6 Å². The number of unbranched alkanes of at least 4 members (excludes halogenated alkanes) is 2. The number of aromatic carboxylic acids is 1. The summed E-state index contributed by atoms with van der Waals surface area (Å²) in [5.41, 5.74) is 2.15. The molecular formula is C24H24N2O5S2. The Morgan fingerprint density at radius 1 is 1.12 bits per heavy atom. The molecule has 1 saturated heterocycles. The molecule has 0 spiro atoms. The number of benzene rings is 2. The number of amides is 2. The van der Waals surface area contributed by atoms with Crippen LogP contribution in [0, 0.1) is 6.92 Å². The lowest BCUT2D eigenvalue weighted by Gasteiger charge is -2.14. The Labute approximate surface area is 201 Å². The molecule has 0 saturated carbocycles. The second-order valence-corrected chi connectivity index (χ2v) is 9.32. The summed E-state index contributed by atoms with van der Waals surface area (Å²) >= 11 is 6.67. The van der Waals surface area contributed by atoms with Gasteiger partial charge in [-0.05, 0) is 49.6 Å². The van der Waals surface area contributed by atoms with E-state index in [-0.39, 0.29) is 29.5 Å². The molecule has 33 heavy (non-hydrogen) atoms. The minimum atomic E-state index is -1.27. The van der Waals surface area contributed by atoms with E-state index in [1.807, 2.05) is 37.3 Å². The highest BCUT2D eigenvalue weighted by atomic mass is 32.2. The molecule has 0 unspecified atom stereocenters. The third kappa shape index (κ3) is 6.66. The van der Waals surface area contributed by atoms with Gasteiger partial charge in [0.2, 0.25) is 5.91 Å². The molecule has 1 fully saturated rings. The number of phenols is 1. The molecular weight excluding hydrogens is 460 g/mol. The standard InChI is InChI=1S/C24H24N2O5S2/c1-15-6-8-16(9-7-15)13-20-22(29)26(24(32)33-20)12-4-2-3-5-21(28)25-17-10-11-19(27)18(14-17)23(30)31/h6-11,13-14,27H,2-5,12H2,1H3,(H,25,28)(H,30,31). The molecule has 0 atom stereocenters. The fourth-order valence-electron chi connectivity index (χ4n) is 3.25. The first-order valence-electron chi connectivity index (χ1n) is 10.4. The quantitative estimate of drug-likeness (QED) is 0.203. The second-order valence-electron chi connectivity index (χ2n) is 7.64. The number of rotatable bonds is 9. The highest BCUT2D eigenvalue weighted by molar-refractivity contribution is 8.26. The van der Waals surface area contributed by atoms with Crippen LogP contribution in [-0.4, -0.2) is 43.8 Å². The fraction of sp³-hybridized carbons (Fsp3) is 0.250. The number of carbonyl (C=O) groups excluding carboxylic acids is 2. The van der Waals surface area contributed by atoms with Gasteiger partial charge in [-0.1, -0.05) is 60.2 Å². The number of hydrogen-bond acceptors (Lipinski definition) is 6. The van der Waals surface area contributed by atoms with Crippen molar-refractivity contribution in [2.45, 2.75) is 32.6 Å².